The highest BCUT2D eigenvalue weighted by molar-refractivity contribution is 5.64. The molecule has 1 aromatic carbocycles. The number of hydrogen-bond donors (Lipinski definition) is 0. The first kappa shape index (κ1) is 10.9. The lowest BCUT2D eigenvalue weighted by Crippen LogP contribution is -1.95. The third-order valence-corrected chi connectivity index (χ3v) is 3.12. The van der Waals surface area contributed by atoms with E-state index < -0.39 is 0 Å². The maximum absolute atomic E-state index is 4.61. The van der Waals surface area contributed by atoms with E-state index in [1.165, 1.54) is 0 Å². The van der Waals surface area contributed by atoms with Gasteiger partial charge in [-0.1, -0.05) is 18.2 Å². The smallest absolute Gasteiger partial charge is 0.143 e. The molecule has 0 radical (unpaired) electrons. The number of rotatable bonds is 2. The van der Waals surface area contributed by atoms with Crippen LogP contribution in [0, 0.1) is 0 Å². The van der Waals surface area contributed by atoms with E-state index in [2.05, 4.69) is 20.5 Å². The fourth-order valence-corrected chi connectivity index (χ4v) is 2.16. The summed E-state index contributed by atoms with van der Waals surface area (Å²) in [6, 6.07) is 13.9. The van der Waals surface area contributed by atoms with Crippen LogP contribution in [0.3, 0.4) is 0 Å². The molecule has 4 rings (SSSR count). The Morgan fingerprint density at radius 1 is 1.00 bits per heavy atom. The minimum Gasteiger partial charge on any atom is -0.306 e. The third kappa shape index (κ3) is 1.74. The lowest BCUT2D eigenvalue weighted by Gasteiger charge is -2.01. The second-order valence-corrected chi connectivity index (χ2v) is 4.40. The summed E-state index contributed by atoms with van der Waals surface area (Å²) in [7, 11) is 0. The molecule has 0 atom stereocenters. The molecule has 3 heterocycles. The molecule has 0 bridgehead atoms. The largest absolute Gasteiger partial charge is 0.306 e. The number of pyridine rings is 1. The Hall–Kier alpha value is -3.02. The zero-order valence-electron chi connectivity index (χ0n) is 10.5. The topological polar surface area (TPSA) is 60.9 Å². The van der Waals surface area contributed by atoms with Crippen molar-refractivity contribution < 1.29 is 0 Å². The molecule has 20 heavy (non-hydrogen) atoms. The van der Waals surface area contributed by atoms with E-state index in [1.54, 1.807) is 11.0 Å². The van der Waals surface area contributed by atoms with Crippen LogP contribution in [-0.2, 0) is 0 Å². The Balaban J connectivity index is 1.84. The van der Waals surface area contributed by atoms with Crippen LogP contribution in [0.15, 0.2) is 61.2 Å². The van der Waals surface area contributed by atoms with E-state index in [1.807, 2.05) is 59.3 Å². The predicted molar refractivity (Wildman–Crippen MR) is 73.3 cm³/mol. The maximum atomic E-state index is 4.61. The highest BCUT2D eigenvalue weighted by Crippen LogP contribution is 2.21. The van der Waals surface area contributed by atoms with Gasteiger partial charge in [-0.25, -0.2) is 9.67 Å². The first-order valence-corrected chi connectivity index (χ1v) is 6.18. The van der Waals surface area contributed by atoms with E-state index in [-0.39, 0.29) is 0 Å². The van der Waals surface area contributed by atoms with Crippen LogP contribution >= 0.6 is 0 Å². The number of benzene rings is 1. The number of aromatic nitrogens is 6. The van der Waals surface area contributed by atoms with Crippen LogP contribution in [0.5, 0.6) is 0 Å². The van der Waals surface area contributed by atoms with Gasteiger partial charge in [-0.3, -0.25) is 0 Å². The van der Waals surface area contributed by atoms with E-state index >= 15 is 0 Å². The molecule has 0 spiro atoms. The second kappa shape index (κ2) is 4.27. The monoisotopic (exact) mass is 262 g/mol. The molecule has 0 N–H and O–H groups in total. The van der Waals surface area contributed by atoms with Crippen molar-refractivity contribution in [2.45, 2.75) is 0 Å². The summed E-state index contributed by atoms with van der Waals surface area (Å²) in [5.74, 6) is 0. The molecule has 0 saturated carbocycles. The first-order valence-electron chi connectivity index (χ1n) is 6.18. The van der Waals surface area contributed by atoms with Crippen LogP contribution in [0.25, 0.3) is 22.6 Å². The van der Waals surface area contributed by atoms with Crippen molar-refractivity contribution in [2.24, 2.45) is 0 Å². The number of nitrogens with zero attached hydrogens (tertiary/aromatic N) is 6. The van der Waals surface area contributed by atoms with Crippen molar-refractivity contribution in [3.8, 4) is 16.9 Å². The highest BCUT2D eigenvalue weighted by Gasteiger charge is 2.06. The lowest BCUT2D eigenvalue weighted by atomic mass is 10.1. The van der Waals surface area contributed by atoms with Gasteiger partial charge in [0, 0.05) is 18.0 Å². The van der Waals surface area contributed by atoms with Gasteiger partial charge in [-0.05, 0) is 34.7 Å². The molecule has 0 unspecified atom stereocenters. The van der Waals surface area contributed by atoms with E-state index in [0.29, 0.717) is 0 Å². The molecule has 0 fully saturated rings. The lowest BCUT2D eigenvalue weighted by molar-refractivity contribution is 0.789. The molecule has 6 heteroatoms. The van der Waals surface area contributed by atoms with Crippen LogP contribution in [0.1, 0.15) is 0 Å². The van der Waals surface area contributed by atoms with Gasteiger partial charge in [-0.15, -0.1) is 5.10 Å². The average molecular weight is 262 g/mol. The quantitative estimate of drug-likeness (QED) is 0.554. The van der Waals surface area contributed by atoms with Crippen molar-refractivity contribution in [1.29, 1.82) is 0 Å². The molecule has 4 aromatic rings. The normalized spacial score (nSPS) is 11.0. The second-order valence-electron chi connectivity index (χ2n) is 4.40. The molecule has 0 aliphatic heterocycles. The van der Waals surface area contributed by atoms with Crippen molar-refractivity contribution in [2.75, 3.05) is 0 Å². The molecule has 0 saturated heterocycles. The fraction of sp³-hybridized carbons (Fsp3) is 0. The Kier molecular flexibility index (Phi) is 2.32. The predicted octanol–water partition coefficient (Wildman–Crippen LogP) is 1.98. The van der Waals surface area contributed by atoms with Gasteiger partial charge in [0.05, 0.1) is 11.4 Å². The molecule has 3 aromatic heterocycles. The third-order valence-electron chi connectivity index (χ3n) is 3.12. The van der Waals surface area contributed by atoms with Crippen LogP contribution in [0.4, 0.5) is 0 Å². The van der Waals surface area contributed by atoms with Crippen LogP contribution in [-0.4, -0.2) is 29.6 Å². The summed E-state index contributed by atoms with van der Waals surface area (Å²) in [4.78, 5) is 4.61. The average Bonchev–Trinajstić information content (AvgIpc) is 3.16. The van der Waals surface area contributed by atoms with Gasteiger partial charge in [0.1, 0.15) is 12.0 Å². The Labute approximate surface area is 114 Å². The summed E-state index contributed by atoms with van der Waals surface area (Å²) < 4.78 is 3.62. The molecule has 0 amide bonds. The van der Waals surface area contributed by atoms with Crippen LogP contribution in [0.2, 0.25) is 0 Å². The first-order chi connectivity index (χ1) is 9.90. The van der Waals surface area contributed by atoms with E-state index in [9.17, 15) is 0 Å². The number of hydrogen-bond acceptors (Lipinski definition) is 4. The van der Waals surface area contributed by atoms with Gasteiger partial charge < -0.3 is 4.40 Å². The summed E-state index contributed by atoms with van der Waals surface area (Å²) in [6.45, 7) is 0. The van der Waals surface area contributed by atoms with Gasteiger partial charge in [0.25, 0.3) is 0 Å². The fourth-order valence-electron chi connectivity index (χ4n) is 2.16. The molecule has 6 nitrogen and oxygen atoms in total. The number of tetrazole rings is 1. The zero-order chi connectivity index (χ0) is 13.4. The number of imidazole rings is 1. The molecule has 0 aliphatic carbocycles. The standard InChI is InChI=1S/C14H10N6/c1-2-7-19-9-13(16-14(19)6-1)11-4-3-5-12(8-11)20-10-15-17-18-20/h1-10H. The highest BCUT2D eigenvalue weighted by atomic mass is 15.5. The summed E-state index contributed by atoms with van der Waals surface area (Å²) in [5.41, 5.74) is 3.78. The summed E-state index contributed by atoms with van der Waals surface area (Å²) in [6.07, 6.45) is 5.56. The van der Waals surface area contributed by atoms with Gasteiger partial charge in [0.15, 0.2) is 0 Å². The molecular weight excluding hydrogens is 252 g/mol. The van der Waals surface area contributed by atoms with Crippen molar-refractivity contribution in [3.63, 3.8) is 0 Å². The Morgan fingerprint density at radius 2 is 2.00 bits per heavy atom. The van der Waals surface area contributed by atoms with Gasteiger partial charge >= 0.3 is 0 Å². The molecular formula is C14H10N6. The van der Waals surface area contributed by atoms with Crippen molar-refractivity contribution in [3.05, 3.63) is 61.2 Å². The summed E-state index contributed by atoms with van der Waals surface area (Å²) >= 11 is 0. The SMILES string of the molecule is c1cc(-c2cn3ccccc3n2)cc(-n2cnnn2)c1. The van der Waals surface area contributed by atoms with Gasteiger partial charge in [0.2, 0.25) is 0 Å². The minimum atomic E-state index is 0.907. The van der Waals surface area contributed by atoms with Crippen LogP contribution < -0.4 is 0 Å². The minimum absolute atomic E-state index is 0.907. The number of fused-ring (bicyclic) bond motifs is 1. The summed E-state index contributed by atoms with van der Waals surface area (Å²) in [5, 5.41) is 11.2. The van der Waals surface area contributed by atoms with Crippen molar-refractivity contribution >= 4 is 5.65 Å². The van der Waals surface area contributed by atoms with E-state index in [0.717, 1.165) is 22.6 Å². The zero-order valence-corrected chi connectivity index (χ0v) is 10.5. The van der Waals surface area contributed by atoms with Crippen molar-refractivity contribution in [1.82, 2.24) is 29.6 Å². The molecule has 0 aliphatic rings. The molecule has 96 valence electrons. The Bertz CT molecular complexity index is 829. The van der Waals surface area contributed by atoms with Gasteiger partial charge in [-0.2, -0.15) is 0 Å². The maximum Gasteiger partial charge on any atom is 0.143 e. The Morgan fingerprint density at radius 3 is 2.85 bits per heavy atom. The van der Waals surface area contributed by atoms with E-state index in [4.69, 9.17) is 0 Å².